The van der Waals surface area contributed by atoms with Crippen LogP contribution in [-0.4, -0.2) is 29.0 Å². The monoisotopic (exact) mass is 300 g/mol. The first kappa shape index (κ1) is 14.7. The number of benzene rings is 1. The highest BCUT2D eigenvalue weighted by molar-refractivity contribution is 5.95. The van der Waals surface area contributed by atoms with E-state index in [0.29, 0.717) is 11.6 Å². The molecule has 0 amide bonds. The second-order valence-corrected chi connectivity index (χ2v) is 5.83. The second kappa shape index (κ2) is 6.27. The van der Waals surface area contributed by atoms with E-state index < -0.39 is 0 Å². The molecule has 0 spiro atoms. The molecule has 1 aromatic carbocycles. The highest BCUT2D eigenvalue weighted by Crippen LogP contribution is 2.33. The number of anilines is 1. The van der Waals surface area contributed by atoms with E-state index in [-0.39, 0.29) is 16.7 Å². The third-order valence-corrected chi connectivity index (χ3v) is 4.37. The molecule has 2 atom stereocenters. The number of fused-ring (bicyclic) bond motifs is 1. The minimum atomic E-state index is -0.367. The number of pyridine rings is 1. The number of nitrogens with one attached hydrogen (secondary N) is 2. The zero-order chi connectivity index (χ0) is 15.5. The molecule has 2 aromatic rings. The molecule has 0 saturated carbocycles. The predicted octanol–water partition coefficient (Wildman–Crippen LogP) is 2.94. The Morgan fingerprint density at radius 2 is 2.27 bits per heavy atom. The SMILES string of the molecule is CC(Nc1c([N+](=O)[O-])cnc2ccccc12)C1CCCNC1. The van der Waals surface area contributed by atoms with Crippen LogP contribution in [0.4, 0.5) is 11.4 Å². The van der Waals surface area contributed by atoms with Crippen molar-refractivity contribution in [3.63, 3.8) is 0 Å². The summed E-state index contributed by atoms with van der Waals surface area (Å²) < 4.78 is 0. The average molecular weight is 300 g/mol. The van der Waals surface area contributed by atoms with Crippen LogP contribution in [-0.2, 0) is 0 Å². The fourth-order valence-corrected chi connectivity index (χ4v) is 3.07. The van der Waals surface area contributed by atoms with Gasteiger partial charge in [0.15, 0.2) is 0 Å². The summed E-state index contributed by atoms with van der Waals surface area (Å²) in [6.45, 7) is 4.10. The van der Waals surface area contributed by atoms with Crippen molar-refractivity contribution in [3.05, 3.63) is 40.6 Å². The maximum absolute atomic E-state index is 11.3. The van der Waals surface area contributed by atoms with Crippen molar-refractivity contribution in [2.45, 2.75) is 25.8 Å². The first-order valence-corrected chi connectivity index (χ1v) is 7.66. The summed E-state index contributed by atoms with van der Waals surface area (Å²) in [6.07, 6.45) is 3.63. The zero-order valence-corrected chi connectivity index (χ0v) is 12.6. The summed E-state index contributed by atoms with van der Waals surface area (Å²) in [5, 5.41) is 18.9. The first-order chi connectivity index (χ1) is 10.7. The van der Waals surface area contributed by atoms with E-state index >= 15 is 0 Å². The Labute approximate surface area is 129 Å². The molecule has 6 nitrogen and oxygen atoms in total. The lowest BCUT2D eigenvalue weighted by molar-refractivity contribution is -0.384. The van der Waals surface area contributed by atoms with E-state index in [2.05, 4.69) is 22.5 Å². The third kappa shape index (κ3) is 2.87. The lowest BCUT2D eigenvalue weighted by Gasteiger charge is -2.29. The van der Waals surface area contributed by atoms with Crippen LogP contribution in [0.5, 0.6) is 0 Å². The van der Waals surface area contributed by atoms with Crippen molar-refractivity contribution < 1.29 is 4.92 Å². The molecule has 1 aliphatic rings. The lowest BCUT2D eigenvalue weighted by Crippen LogP contribution is -2.38. The fraction of sp³-hybridized carbons (Fsp3) is 0.438. The Morgan fingerprint density at radius 1 is 1.45 bits per heavy atom. The molecule has 1 fully saturated rings. The molecule has 2 heterocycles. The van der Waals surface area contributed by atoms with E-state index in [4.69, 9.17) is 0 Å². The van der Waals surface area contributed by atoms with Crippen molar-refractivity contribution in [1.82, 2.24) is 10.3 Å². The van der Waals surface area contributed by atoms with Gasteiger partial charge >= 0.3 is 5.69 Å². The Balaban J connectivity index is 1.96. The van der Waals surface area contributed by atoms with Crippen molar-refractivity contribution in [1.29, 1.82) is 0 Å². The first-order valence-electron chi connectivity index (χ1n) is 7.66. The minimum Gasteiger partial charge on any atom is -0.376 e. The maximum Gasteiger partial charge on any atom is 0.311 e. The number of para-hydroxylation sites is 1. The van der Waals surface area contributed by atoms with E-state index in [1.165, 1.54) is 6.20 Å². The van der Waals surface area contributed by atoms with Gasteiger partial charge < -0.3 is 10.6 Å². The van der Waals surface area contributed by atoms with Gasteiger partial charge in [0.25, 0.3) is 0 Å². The van der Waals surface area contributed by atoms with Crippen LogP contribution < -0.4 is 10.6 Å². The average Bonchev–Trinajstić information content (AvgIpc) is 2.55. The summed E-state index contributed by atoms with van der Waals surface area (Å²) in [6, 6.07) is 7.68. The van der Waals surface area contributed by atoms with Crippen LogP contribution in [0.1, 0.15) is 19.8 Å². The molecular formula is C16H20N4O2. The van der Waals surface area contributed by atoms with Gasteiger partial charge in [-0.05, 0) is 44.8 Å². The Kier molecular flexibility index (Phi) is 4.20. The van der Waals surface area contributed by atoms with Crippen LogP contribution in [0.3, 0.4) is 0 Å². The van der Waals surface area contributed by atoms with Crippen LogP contribution in [0.15, 0.2) is 30.5 Å². The molecule has 0 bridgehead atoms. The van der Waals surface area contributed by atoms with Gasteiger partial charge in [-0.25, -0.2) is 4.98 Å². The molecule has 3 rings (SSSR count). The van der Waals surface area contributed by atoms with Crippen LogP contribution in [0, 0.1) is 16.0 Å². The van der Waals surface area contributed by atoms with Gasteiger partial charge in [0.1, 0.15) is 11.9 Å². The van der Waals surface area contributed by atoms with Gasteiger partial charge in [-0.3, -0.25) is 10.1 Å². The molecule has 0 radical (unpaired) electrons. The van der Waals surface area contributed by atoms with E-state index in [1.54, 1.807) is 0 Å². The molecule has 1 saturated heterocycles. The van der Waals surface area contributed by atoms with Gasteiger partial charge in [-0.1, -0.05) is 18.2 Å². The lowest BCUT2D eigenvalue weighted by atomic mass is 9.92. The highest BCUT2D eigenvalue weighted by Gasteiger charge is 2.24. The standard InChI is InChI=1S/C16H20N4O2/c1-11(12-5-4-8-17-9-12)19-16-13-6-2-3-7-14(13)18-10-15(16)20(21)22/h2-3,6-7,10-12,17H,4-5,8-9H2,1H3,(H,18,19). The van der Waals surface area contributed by atoms with E-state index in [9.17, 15) is 10.1 Å². The predicted molar refractivity (Wildman–Crippen MR) is 87.1 cm³/mol. The van der Waals surface area contributed by atoms with Crippen LogP contribution in [0.2, 0.25) is 0 Å². The molecule has 1 aliphatic heterocycles. The van der Waals surface area contributed by atoms with E-state index in [1.807, 2.05) is 24.3 Å². The van der Waals surface area contributed by atoms with Crippen LogP contribution >= 0.6 is 0 Å². The van der Waals surface area contributed by atoms with Gasteiger partial charge in [0.2, 0.25) is 0 Å². The maximum atomic E-state index is 11.3. The summed E-state index contributed by atoms with van der Waals surface area (Å²) >= 11 is 0. The summed E-state index contributed by atoms with van der Waals surface area (Å²) in [5.41, 5.74) is 1.38. The molecular weight excluding hydrogens is 280 g/mol. The second-order valence-electron chi connectivity index (χ2n) is 5.83. The molecule has 2 unspecified atom stereocenters. The number of hydrogen-bond donors (Lipinski definition) is 2. The fourth-order valence-electron chi connectivity index (χ4n) is 3.07. The van der Waals surface area contributed by atoms with Crippen molar-refractivity contribution in [2.24, 2.45) is 5.92 Å². The topological polar surface area (TPSA) is 80.1 Å². The number of nitro groups is 1. The number of aromatic nitrogens is 1. The molecule has 1 aromatic heterocycles. The van der Waals surface area contributed by atoms with Crippen molar-refractivity contribution in [2.75, 3.05) is 18.4 Å². The molecule has 0 aliphatic carbocycles. The summed E-state index contributed by atoms with van der Waals surface area (Å²) in [4.78, 5) is 15.2. The Hall–Kier alpha value is -2.21. The summed E-state index contributed by atoms with van der Waals surface area (Å²) in [7, 11) is 0. The van der Waals surface area contributed by atoms with E-state index in [0.717, 1.165) is 36.8 Å². The number of hydrogen-bond acceptors (Lipinski definition) is 5. The zero-order valence-electron chi connectivity index (χ0n) is 12.6. The Morgan fingerprint density at radius 3 is 3.00 bits per heavy atom. The summed E-state index contributed by atoms with van der Waals surface area (Å²) in [5.74, 6) is 0.472. The highest BCUT2D eigenvalue weighted by atomic mass is 16.6. The molecule has 22 heavy (non-hydrogen) atoms. The molecule has 2 N–H and O–H groups in total. The van der Waals surface area contributed by atoms with Gasteiger partial charge in [0.05, 0.1) is 10.4 Å². The molecule has 6 heteroatoms. The normalized spacial score (nSPS) is 19.8. The minimum absolute atomic E-state index is 0.0364. The number of nitrogens with zero attached hydrogens (tertiary/aromatic N) is 2. The largest absolute Gasteiger partial charge is 0.376 e. The molecule has 116 valence electrons. The Bertz CT molecular complexity index is 683. The van der Waals surface area contributed by atoms with Gasteiger partial charge in [-0.2, -0.15) is 0 Å². The van der Waals surface area contributed by atoms with Gasteiger partial charge in [-0.15, -0.1) is 0 Å². The van der Waals surface area contributed by atoms with Crippen molar-refractivity contribution in [3.8, 4) is 0 Å². The quantitative estimate of drug-likeness (QED) is 0.670. The van der Waals surface area contributed by atoms with Gasteiger partial charge in [0, 0.05) is 11.4 Å². The van der Waals surface area contributed by atoms with Crippen LogP contribution in [0.25, 0.3) is 10.9 Å². The third-order valence-electron chi connectivity index (χ3n) is 4.37. The number of rotatable bonds is 4. The van der Waals surface area contributed by atoms with Crippen molar-refractivity contribution >= 4 is 22.3 Å². The smallest absolute Gasteiger partial charge is 0.311 e. The number of piperidine rings is 1.